The van der Waals surface area contributed by atoms with Gasteiger partial charge >= 0.3 is 6.18 Å². The van der Waals surface area contributed by atoms with Crippen LogP contribution >= 0.6 is 0 Å². The summed E-state index contributed by atoms with van der Waals surface area (Å²) in [5.74, 6) is -0.649. The van der Waals surface area contributed by atoms with Crippen molar-refractivity contribution in [2.45, 2.75) is 43.8 Å². The van der Waals surface area contributed by atoms with Crippen LogP contribution in [0.4, 0.5) is 13.2 Å². The van der Waals surface area contributed by atoms with Gasteiger partial charge in [-0.15, -0.1) is 0 Å². The molecular weight excluding hydrogens is 411 g/mol. The highest BCUT2D eigenvalue weighted by atomic mass is 32.2. The molecule has 2 amide bonds. The molecule has 0 spiro atoms. The standard InChI is InChI=1S/C18H24F3N3O4S/c1-12(2)17(26)24-8-6-14(7-9-24)23-16(25)11-22-29(27,28)15-5-3-4-13(10-15)18(19,20)21/h3-5,10,12,14,22H,6-9,11H2,1-2H3,(H,23,25). The monoisotopic (exact) mass is 435 g/mol. The number of piperidine rings is 1. The molecule has 162 valence electrons. The summed E-state index contributed by atoms with van der Waals surface area (Å²) in [4.78, 5) is 25.1. The van der Waals surface area contributed by atoms with Gasteiger partial charge in [0, 0.05) is 25.0 Å². The van der Waals surface area contributed by atoms with Gasteiger partial charge in [-0.25, -0.2) is 13.1 Å². The minimum absolute atomic E-state index is 0.0450. The summed E-state index contributed by atoms with van der Waals surface area (Å²) in [6, 6.07) is 3.10. The largest absolute Gasteiger partial charge is 0.416 e. The van der Waals surface area contributed by atoms with Crippen molar-refractivity contribution in [2.75, 3.05) is 19.6 Å². The van der Waals surface area contributed by atoms with Gasteiger partial charge in [0.1, 0.15) is 0 Å². The number of benzene rings is 1. The van der Waals surface area contributed by atoms with Crippen LogP contribution in [0.2, 0.25) is 0 Å². The lowest BCUT2D eigenvalue weighted by molar-refractivity contribution is -0.138. The van der Waals surface area contributed by atoms with E-state index in [0.29, 0.717) is 32.0 Å². The summed E-state index contributed by atoms with van der Waals surface area (Å²) in [6.07, 6.45) is -3.58. The Balaban J connectivity index is 1.87. The molecule has 1 saturated heterocycles. The van der Waals surface area contributed by atoms with Crippen molar-refractivity contribution in [3.8, 4) is 0 Å². The van der Waals surface area contributed by atoms with Gasteiger partial charge in [0.05, 0.1) is 17.0 Å². The molecule has 2 N–H and O–H groups in total. The SMILES string of the molecule is CC(C)C(=O)N1CCC(NC(=O)CNS(=O)(=O)c2cccc(C(F)(F)F)c2)CC1. The molecule has 1 aromatic rings. The zero-order valence-corrected chi connectivity index (χ0v) is 16.9. The first-order valence-electron chi connectivity index (χ1n) is 9.15. The smallest absolute Gasteiger partial charge is 0.352 e. The number of alkyl halides is 3. The van der Waals surface area contributed by atoms with Gasteiger partial charge in [0.15, 0.2) is 0 Å². The van der Waals surface area contributed by atoms with Gasteiger partial charge in [-0.2, -0.15) is 13.2 Å². The molecule has 0 radical (unpaired) electrons. The number of hydrogen-bond donors (Lipinski definition) is 2. The Morgan fingerprint density at radius 3 is 2.38 bits per heavy atom. The lowest BCUT2D eigenvalue weighted by Gasteiger charge is -2.33. The van der Waals surface area contributed by atoms with Crippen LogP contribution in [0.5, 0.6) is 0 Å². The number of halogens is 3. The summed E-state index contributed by atoms with van der Waals surface area (Å²) in [6.45, 7) is 4.03. The zero-order chi connectivity index (χ0) is 21.8. The predicted molar refractivity (Wildman–Crippen MR) is 99.2 cm³/mol. The number of amides is 2. The van der Waals surface area contributed by atoms with Gasteiger partial charge in [0.2, 0.25) is 21.8 Å². The van der Waals surface area contributed by atoms with Crippen LogP contribution in [0.3, 0.4) is 0 Å². The number of carbonyl (C=O) groups excluding carboxylic acids is 2. The molecule has 1 aliphatic heterocycles. The Morgan fingerprint density at radius 2 is 1.83 bits per heavy atom. The number of rotatable bonds is 6. The molecule has 1 fully saturated rings. The van der Waals surface area contributed by atoms with E-state index in [9.17, 15) is 31.2 Å². The summed E-state index contributed by atoms with van der Waals surface area (Å²) < 4.78 is 64.6. The van der Waals surface area contributed by atoms with Crippen molar-refractivity contribution in [1.29, 1.82) is 0 Å². The third-order valence-corrected chi connectivity index (χ3v) is 5.96. The fourth-order valence-electron chi connectivity index (χ4n) is 2.97. The maximum Gasteiger partial charge on any atom is 0.416 e. The third kappa shape index (κ3) is 6.43. The molecule has 0 aliphatic carbocycles. The molecule has 1 aliphatic rings. The average Bonchev–Trinajstić information content (AvgIpc) is 2.66. The van der Waals surface area contributed by atoms with Crippen molar-refractivity contribution in [3.05, 3.63) is 29.8 Å². The summed E-state index contributed by atoms with van der Waals surface area (Å²) >= 11 is 0. The second kappa shape index (κ2) is 9.12. The summed E-state index contributed by atoms with van der Waals surface area (Å²) in [5, 5.41) is 2.68. The van der Waals surface area contributed by atoms with Gasteiger partial charge in [0.25, 0.3) is 0 Å². The maximum atomic E-state index is 12.7. The molecule has 7 nitrogen and oxygen atoms in total. The number of sulfonamides is 1. The Kier molecular flexibility index (Phi) is 7.28. The molecule has 0 unspecified atom stereocenters. The molecule has 0 atom stereocenters. The lowest BCUT2D eigenvalue weighted by Crippen LogP contribution is -2.49. The molecule has 0 aromatic heterocycles. The first-order valence-corrected chi connectivity index (χ1v) is 10.6. The highest BCUT2D eigenvalue weighted by molar-refractivity contribution is 7.89. The van der Waals surface area contributed by atoms with Gasteiger partial charge in [-0.3, -0.25) is 9.59 Å². The van der Waals surface area contributed by atoms with Gasteiger partial charge in [-0.05, 0) is 31.0 Å². The van der Waals surface area contributed by atoms with Crippen molar-refractivity contribution in [3.63, 3.8) is 0 Å². The highest BCUT2D eigenvalue weighted by Gasteiger charge is 2.32. The topological polar surface area (TPSA) is 95.6 Å². The Hall–Kier alpha value is -2.14. The van der Waals surface area contributed by atoms with E-state index in [1.807, 2.05) is 18.6 Å². The summed E-state index contributed by atoms with van der Waals surface area (Å²) in [5.41, 5.74) is -1.09. The fourth-order valence-corrected chi connectivity index (χ4v) is 4.00. The number of carbonyl (C=O) groups is 2. The average molecular weight is 435 g/mol. The third-order valence-electron chi connectivity index (χ3n) is 4.56. The Labute approximate surface area is 167 Å². The minimum atomic E-state index is -4.67. The molecule has 1 aromatic carbocycles. The molecule has 0 bridgehead atoms. The van der Waals surface area contributed by atoms with E-state index in [1.54, 1.807) is 4.90 Å². The normalized spacial score (nSPS) is 16.1. The molecule has 1 heterocycles. The Morgan fingerprint density at radius 1 is 1.21 bits per heavy atom. The van der Waals surface area contributed by atoms with Crippen LogP contribution in [0.15, 0.2) is 29.2 Å². The number of hydrogen-bond acceptors (Lipinski definition) is 4. The van der Waals surface area contributed by atoms with E-state index < -0.39 is 39.1 Å². The van der Waals surface area contributed by atoms with Crippen LogP contribution in [0.1, 0.15) is 32.3 Å². The van der Waals surface area contributed by atoms with Crippen LogP contribution in [0.25, 0.3) is 0 Å². The van der Waals surface area contributed by atoms with E-state index >= 15 is 0 Å². The molecule has 11 heteroatoms. The van der Waals surface area contributed by atoms with E-state index in [-0.39, 0.29) is 17.9 Å². The second-order valence-electron chi connectivity index (χ2n) is 7.17. The van der Waals surface area contributed by atoms with E-state index in [4.69, 9.17) is 0 Å². The first kappa shape index (κ1) is 23.1. The number of likely N-dealkylation sites (tertiary alicyclic amines) is 1. The predicted octanol–water partition coefficient (Wildman–Crippen LogP) is 1.75. The van der Waals surface area contributed by atoms with Crippen molar-refractivity contribution in [2.24, 2.45) is 5.92 Å². The maximum absolute atomic E-state index is 12.7. The second-order valence-corrected chi connectivity index (χ2v) is 8.94. The fraction of sp³-hybridized carbons (Fsp3) is 0.556. The van der Waals surface area contributed by atoms with Crippen LogP contribution in [-0.2, 0) is 25.8 Å². The Bertz CT molecular complexity index is 848. The van der Waals surface area contributed by atoms with Gasteiger partial charge < -0.3 is 10.2 Å². The van der Waals surface area contributed by atoms with E-state index in [1.165, 1.54) is 0 Å². The van der Waals surface area contributed by atoms with Crippen molar-refractivity contribution in [1.82, 2.24) is 14.9 Å². The minimum Gasteiger partial charge on any atom is -0.352 e. The lowest BCUT2D eigenvalue weighted by atomic mass is 10.0. The molecule has 29 heavy (non-hydrogen) atoms. The van der Waals surface area contributed by atoms with Crippen LogP contribution in [-0.4, -0.2) is 50.8 Å². The molecule has 0 saturated carbocycles. The number of nitrogens with zero attached hydrogens (tertiary/aromatic N) is 1. The van der Waals surface area contributed by atoms with Crippen LogP contribution in [0, 0.1) is 5.92 Å². The number of nitrogens with one attached hydrogen (secondary N) is 2. The van der Waals surface area contributed by atoms with Crippen molar-refractivity contribution < 1.29 is 31.2 Å². The summed E-state index contributed by atoms with van der Waals surface area (Å²) in [7, 11) is -4.27. The van der Waals surface area contributed by atoms with Gasteiger partial charge in [-0.1, -0.05) is 19.9 Å². The molecule has 2 rings (SSSR count). The van der Waals surface area contributed by atoms with E-state index in [2.05, 4.69) is 5.32 Å². The first-order chi connectivity index (χ1) is 13.4. The van der Waals surface area contributed by atoms with Crippen LogP contribution < -0.4 is 10.0 Å². The molecular formula is C18H24F3N3O4S. The quantitative estimate of drug-likeness (QED) is 0.712. The van der Waals surface area contributed by atoms with E-state index in [0.717, 1.165) is 18.2 Å². The zero-order valence-electron chi connectivity index (χ0n) is 16.1. The van der Waals surface area contributed by atoms with Crippen molar-refractivity contribution >= 4 is 21.8 Å². The highest BCUT2D eigenvalue weighted by Crippen LogP contribution is 2.30.